The van der Waals surface area contributed by atoms with Crippen molar-refractivity contribution in [2.45, 2.75) is 32.8 Å². The molecule has 2 fully saturated rings. The second-order valence-electron chi connectivity index (χ2n) is 6.75. The van der Waals surface area contributed by atoms with Crippen LogP contribution >= 0.6 is 11.8 Å². The normalized spacial score (nSPS) is 24.9. The van der Waals surface area contributed by atoms with Crippen LogP contribution in [-0.4, -0.2) is 52.6 Å². The van der Waals surface area contributed by atoms with Gasteiger partial charge in [-0.2, -0.15) is 11.8 Å². The molecule has 5 nitrogen and oxygen atoms in total. The first-order valence-electron chi connectivity index (χ1n) is 8.22. The van der Waals surface area contributed by atoms with E-state index in [2.05, 4.69) is 0 Å². The summed E-state index contributed by atoms with van der Waals surface area (Å²) >= 11 is 1.72. The molecule has 2 aliphatic rings. The number of aliphatic hydroxyl groups excluding tert-OH is 1. The van der Waals surface area contributed by atoms with Crippen LogP contribution in [-0.2, 0) is 9.59 Å². The van der Waals surface area contributed by atoms with Gasteiger partial charge in [0.05, 0.1) is 12.0 Å². The minimum atomic E-state index is -0.888. The number of imide groups is 1. The molecule has 2 saturated heterocycles. The van der Waals surface area contributed by atoms with Crippen molar-refractivity contribution in [3.8, 4) is 5.75 Å². The Kier molecular flexibility index (Phi) is 4.88. The van der Waals surface area contributed by atoms with Gasteiger partial charge in [0.1, 0.15) is 18.5 Å². The highest BCUT2D eigenvalue weighted by Gasteiger charge is 2.53. The zero-order valence-corrected chi connectivity index (χ0v) is 14.9. The Balaban J connectivity index is 1.60. The summed E-state index contributed by atoms with van der Waals surface area (Å²) in [6, 6.07) is 5.85. The van der Waals surface area contributed by atoms with E-state index in [1.165, 1.54) is 4.90 Å². The van der Waals surface area contributed by atoms with Crippen molar-refractivity contribution in [2.24, 2.45) is 5.41 Å². The van der Waals surface area contributed by atoms with Crippen LogP contribution in [0.25, 0.3) is 0 Å². The van der Waals surface area contributed by atoms with Gasteiger partial charge in [0.2, 0.25) is 11.8 Å². The summed E-state index contributed by atoms with van der Waals surface area (Å²) in [5, 5.41) is 10.2. The van der Waals surface area contributed by atoms with Crippen LogP contribution in [0.2, 0.25) is 0 Å². The first kappa shape index (κ1) is 17.3. The molecule has 24 heavy (non-hydrogen) atoms. The average molecular weight is 349 g/mol. The van der Waals surface area contributed by atoms with Crippen LogP contribution in [0.15, 0.2) is 18.2 Å². The van der Waals surface area contributed by atoms with Crippen molar-refractivity contribution in [1.82, 2.24) is 4.90 Å². The third-order valence-corrected chi connectivity index (χ3v) is 6.06. The second kappa shape index (κ2) is 6.76. The number of para-hydroxylation sites is 1. The predicted molar refractivity (Wildman–Crippen MR) is 93.1 cm³/mol. The number of hydrogen-bond donors (Lipinski definition) is 1. The molecular weight excluding hydrogens is 326 g/mol. The lowest BCUT2D eigenvalue weighted by atomic mass is 9.86. The van der Waals surface area contributed by atoms with E-state index in [0.29, 0.717) is 5.75 Å². The number of likely N-dealkylation sites (tertiary alicyclic amines) is 1. The smallest absolute Gasteiger partial charge is 0.236 e. The molecule has 0 saturated carbocycles. The molecule has 6 heteroatoms. The van der Waals surface area contributed by atoms with Gasteiger partial charge in [0.15, 0.2) is 0 Å². The van der Waals surface area contributed by atoms with Crippen LogP contribution in [0, 0.1) is 19.3 Å². The van der Waals surface area contributed by atoms with Crippen molar-refractivity contribution in [3.05, 3.63) is 29.3 Å². The molecule has 2 atom stereocenters. The highest BCUT2D eigenvalue weighted by Crippen LogP contribution is 2.44. The molecule has 1 aromatic rings. The van der Waals surface area contributed by atoms with Gasteiger partial charge in [0, 0.05) is 12.2 Å². The van der Waals surface area contributed by atoms with Gasteiger partial charge >= 0.3 is 0 Å². The first-order chi connectivity index (χ1) is 11.4. The zero-order valence-electron chi connectivity index (χ0n) is 14.1. The Labute approximate surface area is 146 Å². The van der Waals surface area contributed by atoms with Gasteiger partial charge in [0.25, 0.3) is 0 Å². The Morgan fingerprint density at radius 3 is 2.67 bits per heavy atom. The number of rotatable bonds is 5. The Morgan fingerprint density at radius 1 is 1.33 bits per heavy atom. The number of nitrogens with zero attached hydrogens (tertiary/aromatic N) is 1. The number of aliphatic hydroxyl groups is 1. The zero-order chi connectivity index (χ0) is 17.3. The largest absolute Gasteiger partial charge is 0.490 e. The van der Waals surface area contributed by atoms with E-state index < -0.39 is 11.5 Å². The Bertz CT molecular complexity index is 634. The Hall–Kier alpha value is -1.53. The molecule has 1 spiro atoms. The predicted octanol–water partition coefficient (Wildman–Crippen LogP) is 1.93. The molecule has 0 unspecified atom stereocenters. The number of ether oxygens (including phenoxy) is 1. The monoisotopic (exact) mass is 349 g/mol. The topological polar surface area (TPSA) is 66.8 Å². The molecule has 2 amide bonds. The van der Waals surface area contributed by atoms with Crippen molar-refractivity contribution in [3.63, 3.8) is 0 Å². The van der Waals surface area contributed by atoms with E-state index in [1.54, 1.807) is 11.8 Å². The van der Waals surface area contributed by atoms with Crippen molar-refractivity contribution >= 4 is 23.6 Å². The van der Waals surface area contributed by atoms with E-state index in [-0.39, 0.29) is 31.4 Å². The second-order valence-corrected chi connectivity index (χ2v) is 7.86. The number of carbonyl (C=O) groups is 2. The van der Waals surface area contributed by atoms with Crippen LogP contribution in [0.3, 0.4) is 0 Å². The molecule has 1 N–H and O–H groups in total. The van der Waals surface area contributed by atoms with Gasteiger partial charge in [-0.05, 0) is 37.1 Å². The van der Waals surface area contributed by atoms with Gasteiger partial charge in [-0.3, -0.25) is 14.5 Å². The third-order valence-electron chi connectivity index (χ3n) is 4.81. The molecule has 0 radical (unpaired) electrons. The quantitative estimate of drug-likeness (QED) is 0.823. The lowest BCUT2D eigenvalue weighted by Gasteiger charge is -2.23. The maximum atomic E-state index is 12.6. The molecule has 1 aromatic carbocycles. The summed E-state index contributed by atoms with van der Waals surface area (Å²) in [5.74, 6) is 2.09. The number of β-amino-alcohol motifs (C(OH)–C–C–N with tert-alkyl or cyclic N) is 1. The number of benzene rings is 1. The van der Waals surface area contributed by atoms with E-state index >= 15 is 0 Å². The highest BCUT2D eigenvalue weighted by molar-refractivity contribution is 7.99. The molecule has 0 bridgehead atoms. The fourth-order valence-corrected chi connectivity index (χ4v) is 4.87. The maximum absolute atomic E-state index is 12.6. The molecule has 2 heterocycles. The van der Waals surface area contributed by atoms with Crippen molar-refractivity contribution in [2.75, 3.05) is 24.7 Å². The summed E-state index contributed by atoms with van der Waals surface area (Å²) < 4.78 is 5.72. The van der Waals surface area contributed by atoms with Crippen LogP contribution in [0.1, 0.15) is 24.0 Å². The maximum Gasteiger partial charge on any atom is 0.236 e. The number of amides is 2. The standard InChI is InChI=1S/C18H23NO4S/c1-12-4-3-5-13(2)16(12)23-10-14(20)9-19-15(21)8-18(17(19)22)6-7-24-11-18/h3-5,14,20H,6-11H2,1-2H3/t14-,18-/m0/s1. The minimum Gasteiger partial charge on any atom is -0.490 e. The van der Waals surface area contributed by atoms with Crippen LogP contribution in [0.4, 0.5) is 0 Å². The number of hydrogen-bond acceptors (Lipinski definition) is 5. The molecule has 2 aliphatic heterocycles. The summed E-state index contributed by atoms with van der Waals surface area (Å²) in [5.41, 5.74) is 1.48. The summed E-state index contributed by atoms with van der Waals surface area (Å²) in [6.07, 6.45) is 0.151. The van der Waals surface area contributed by atoms with E-state index in [0.717, 1.165) is 29.1 Å². The number of thioether (sulfide) groups is 1. The number of carbonyl (C=O) groups excluding carboxylic acids is 2. The van der Waals surface area contributed by atoms with Gasteiger partial charge < -0.3 is 9.84 Å². The highest BCUT2D eigenvalue weighted by atomic mass is 32.2. The van der Waals surface area contributed by atoms with Crippen LogP contribution in [0.5, 0.6) is 5.75 Å². The molecule has 0 aromatic heterocycles. The van der Waals surface area contributed by atoms with E-state index in [4.69, 9.17) is 4.74 Å². The molecular formula is C18H23NO4S. The van der Waals surface area contributed by atoms with E-state index in [1.807, 2.05) is 32.0 Å². The van der Waals surface area contributed by atoms with Crippen LogP contribution < -0.4 is 4.74 Å². The third kappa shape index (κ3) is 3.17. The lowest BCUT2D eigenvalue weighted by Crippen LogP contribution is -2.42. The lowest BCUT2D eigenvalue weighted by molar-refractivity contribution is -0.142. The molecule has 130 valence electrons. The van der Waals surface area contributed by atoms with Gasteiger partial charge in [-0.15, -0.1) is 0 Å². The van der Waals surface area contributed by atoms with Crippen molar-refractivity contribution < 1.29 is 19.4 Å². The molecule has 0 aliphatic carbocycles. The summed E-state index contributed by atoms with van der Waals surface area (Å²) in [6.45, 7) is 3.97. The molecule has 3 rings (SSSR count). The van der Waals surface area contributed by atoms with Gasteiger partial charge in [-0.1, -0.05) is 18.2 Å². The van der Waals surface area contributed by atoms with Gasteiger partial charge in [-0.25, -0.2) is 0 Å². The van der Waals surface area contributed by atoms with E-state index in [9.17, 15) is 14.7 Å². The average Bonchev–Trinajstić information content (AvgIpc) is 3.08. The number of aryl methyl sites for hydroxylation is 2. The van der Waals surface area contributed by atoms with Crippen molar-refractivity contribution in [1.29, 1.82) is 0 Å². The Morgan fingerprint density at radius 2 is 2.04 bits per heavy atom. The minimum absolute atomic E-state index is 0.00894. The first-order valence-corrected chi connectivity index (χ1v) is 9.38. The summed E-state index contributed by atoms with van der Waals surface area (Å²) in [7, 11) is 0. The SMILES string of the molecule is Cc1cccc(C)c1OC[C@@H](O)CN1C(=O)C[C@]2(CCSC2)C1=O. The fraction of sp³-hybridized carbons (Fsp3) is 0.556. The summed E-state index contributed by atoms with van der Waals surface area (Å²) in [4.78, 5) is 26.0. The fourth-order valence-electron chi connectivity index (χ4n) is 3.43.